The second-order valence-corrected chi connectivity index (χ2v) is 8.83. The largest absolute Gasteiger partial charge is 0.354 e. The summed E-state index contributed by atoms with van der Waals surface area (Å²) in [6, 6.07) is 0. The quantitative estimate of drug-likeness (QED) is 0.491. The van der Waals surface area contributed by atoms with Crippen molar-refractivity contribution in [3.8, 4) is 0 Å². The number of hydrogen-bond donors (Lipinski definition) is 1. The lowest BCUT2D eigenvalue weighted by molar-refractivity contribution is 0.582. The fraction of sp³-hybridized carbons (Fsp3) is 0.500. The van der Waals surface area contributed by atoms with Crippen LogP contribution < -0.4 is 0 Å². The second-order valence-electron chi connectivity index (χ2n) is 8.83. The molecule has 0 saturated heterocycles. The van der Waals surface area contributed by atoms with Gasteiger partial charge in [-0.25, -0.2) is 0 Å². The van der Waals surface area contributed by atoms with E-state index < -0.39 is 0 Å². The van der Waals surface area contributed by atoms with E-state index in [0.29, 0.717) is 0 Å². The second kappa shape index (κ2) is 5.62. The van der Waals surface area contributed by atoms with Gasteiger partial charge in [0.15, 0.2) is 0 Å². The summed E-state index contributed by atoms with van der Waals surface area (Å²) in [4.78, 5) is 3.84. The molecule has 3 aromatic rings. The number of hydrogen-bond acceptors (Lipinski definition) is 0. The Hall–Kier alpha value is -1.76. The van der Waals surface area contributed by atoms with E-state index in [-0.39, 0.29) is 5.41 Å². The molecule has 0 atom stereocenters. The van der Waals surface area contributed by atoms with E-state index in [4.69, 9.17) is 0 Å². The lowest BCUT2D eigenvalue weighted by Crippen LogP contribution is -2.16. The lowest BCUT2D eigenvalue weighted by atomic mass is 9.77. The highest BCUT2D eigenvalue weighted by molar-refractivity contribution is 6.13. The number of aromatic nitrogens is 1. The van der Waals surface area contributed by atoms with Gasteiger partial charge < -0.3 is 4.98 Å². The number of aryl methyl sites for hydroxylation is 4. The van der Waals surface area contributed by atoms with E-state index in [1.54, 1.807) is 0 Å². The summed E-state index contributed by atoms with van der Waals surface area (Å²) >= 11 is 0. The van der Waals surface area contributed by atoms with Gasteiger partial charge in [0.1, 0.15) is 0 Å². The topological polar surface area (TPSA) is 15.8 Å². The summed E-state index contributed by atoms with van der Waals surface area (Å²) in [5.74, 6) is 0. The van der Waals surface area contributed by atoms with Crippen LogP contribution in [0.25, 0.3) is 21.8 Å². The smallest absolute Gasteiger partial charge is 0.0503 e. The van der Waals surface area contributed by atoms with Crippen molar-refractivity contribution in [2.24, 2.45) is 0 Å². The molecule has 1 heterocycles. The Morgan fingerprint density at radius 3 is 1.68 bits per heavy atom. The molecule has 0 bridgehead atoms. The Labute approximate surface area is 152 Å². The molecule has 0 radical (unpaired) electrons. The van der Waals surface area contributed by atoms with Gasteiger partial charge in [-0.3, -0.25) is 0 Å². The first kappa shape index (κ1) is 18.0. The number of nitrogens with one attached hydrogen (secondary N) is 1. The van der Waals surface area contributed by atoms with Gasteiger partial charge in [-0.1, -0.05) is 27.7 Å². The summed E-state index contributed by atoms with van der Waals surface area (Å²) in [5.41, 5.74) is 14.4. The molecule has 2 aromatic carbocycles. The number of benzene rings is 2. The van der Waals surface area contributed by atoms with Crippen molar-refractivity contribution in [3.05, 3.63) is 44.5 Å². The Kier molecular flexibility index (Phi) is 4.06. The molecule has 1 nitrogen and oxygen atoms in total. The average Bonchev–Trinajstić information content (AvgIpc) is 2.90. The van der Waals surface area contributed by atoms with E-state index in [1.165, 1.54) is 66.3 Å². The monoisotopic (exact) mass is 335 g/mol. The maximum absolute atomic E-state index is 3.84. The third-order valence-electron chi connectivity index (χ3n) is 6.42. The van der Waals surface area contributed by atoms with Crippen LogP contribution >= 0.6 is 0 Å². The highest BCUT2D eigenvalue weighted by Gasteiger charge is 2.26. The van der Waals surface area contributed by atoms with Crippen molar-refractivity contribution >= 4 is 21.8 Å². The number of aromatic amines is 1. The van der Waals surface area contributed by atoms with Crippen LogP contribution in [0.15, 0.2) is 0 Å². The van der Waals surface area contributed by atoms with Gasteiger partial charge in [-0.15, -0.1) is 0 Å². The lowest BCUT2D eigenvalue weighted by Gasteiger charge is -2.27. The molecule has 1 aromatic heterocycles. The molecular formula is C24H33N. The molecule has 0 aliphatic heterocycles. The predicted molar refractivity (Wildman–Crippen MR) is 112 cm³/mol. The van der Waals surface area contributed by atoms with Crippen molar-refractivity contribution in [1.82, 2.24) is 4.98 Å². The van der Waals surface area contributed by atoms with E-state index in [2.05, 4.69) is 74.2 Å². The van der Waals surface area contributed by atoms with E-state index in [1.807, 2.05) is 0 Å². The van der Waals surface area contributed by atoms with Crippen LogP contribution in [-0.4, -0.2) is 4.98 Å². The van der Waals surface area contributed by atoms with Crippen LogP contribution in [0, 0.1) is 41.5 Å². The molecule has 1 heteroatoms. The summed E-state index contributed by atoms with van der Waals surface area (Å²) < 4.78 is 0. The maximum Gasteiger partial charge on any atom is 0.0503 e. The minimum atomic E-state index is 0.151. The van der Waals surface area contributed by atoms with E-state index in [9.17, 15) is 0 Å². The van der Waals surface area contributed by atoms with E-state index in [0.717, 1.165) is 6.42 Å². The molecule has 0 spiro atoms. The van der Waals surface area contributed by atoms with Crippen LogP contribution in [0.5, 0.6) is 0 Å². The van der Waals surface area contributed by atoms with Crippen molar-refractivity contribution in [2.75, 3.05) is 0 Å². The van der Waals surface area contributed by atoms with Crippen molar-refractivity contribution in [1.29, 1.82) is 0 Å². The molecule has 0 unspecified atom stereocenters. The van der Waals surface area contributed by atoms with Crippen LogP contribution in [0.2, 0.25) is 0 Å². The summed E-state index contributed by atoms with van der Waals surface area (Å²) in [5, 5.41) is 2.89. The van der Waals surface area contributed by atoms with Crippen molar-refractivity contribution in [2.45, 2.75) is 81.1 Å². The van der Waals surface area contributed by atoms with Gasteiger partial charge in [0.25, 0.3) is 0 Å². The minimum Gasteiger partial charge on any atom is -0.354 e. The molecule has 0 aliphatic carbocycles. The zero-order valence-electron chi connectivity index (χ0n) is 17.7. The molecule has 0 fully saturated rings. The Morgan fingerprint density at radius 1 is 0.640 bits per heavy atom. The highest BCUT2D eigenvalue weighted by atomic mass is 14.7. The Bertz CT molecular complexity index is 1010. The fourth-order valence-electron chi connectivity index (χ4n) is 5.01. The third-order valence-corrected chi connectivity index (χ3v) is 6.42. The zero-order valence-corrected chi connectivity index (χ0v) is 17.7. The van der Waals surface area contributed by atoms with Gasteiger partial charge in [0.05, 0.1) is 5.52 Å². The first-order valence-corrected chi connectivity index (χ1v) is 9.56. The van der Waals surface area contributed by atoms with E-state index >= 15 is 0 Å². The molecule has 134 valence electrons. The van der Waals surface area contributed by atoms with Crippen LogP contribution in [0.3, 0.4) is 0 Å². The maximum atomic E-state index is 3.84. The zero-order chi connectivity index (χ0) is 18.8. The van der Waals surface area contributed by atoms with Gasteiger partial charge in [0.2, 0.25) is 0 Å². The molecule has 3 rings (SSSR count). The van der Waals surface area contributed by atoms with Crippen LogP contribution in [0.1, 0.15) is 72.2 Å². The third kappa shape index (κ3) is 2.35. The Morgan fingerprint density at radius 2 is 1.16 bits per heavy atom. The molecular weight excluding hydrogens is 302 g/mol. The predicted octanol–water partition coefficient (Wildman–Crippen LogP) is 7.03. The van der Waals surface area contributed by atoms with Crippen molar-refractivity contribution in [3.63, 3.8) is 0 Å². The van der Waals surface area contributed by atoms with Gasteiger partial charge in [0, 0.05) is 16.3 Å². The number of H-pyrrole nitrogens is 1. The van der Waals surface area contributed by atoms with Gasteiger partial charge >= 0.3 is 0 Å². The van der Waals surface area contributed by atoms with Crippen LogP contribution in [-0.2, 0) is 11.8 Å². The highest BCUT2D eigenvalue weighted by Crippen LogP contribution is 2.42. The first-order valence-electron chi connectivity index (χ1n) is 9.56. The molecule has 0 amide bonds. The van der Waals surface area contributed by atoms with Crippen LogP contribution in [0.4, 0.5) is 0 Å². The standard InChI is InChI=1S/C24H33N/c1-11-18-16(6)21(24(8,9)10)17(7)20-19-14(4)12(2)13(3)15(5)22(19)25-23(18)20/h25H,11H2,1-10H3. The number of rotatable bonds is 1. The number of fused-ring (bicyclic) bond motifs is 3. The molecule has 1 N–H and O–H groups in total. The first-order chi connectivity index (χ1) is 11.5. The molecule has 0 saturated carbocycles. The molecule has 25 heavy (non-hydrogen) atoms. The SMILES string of the molecule is CCc1c(C)c(C(C)(C)C)c(C)c2c1[nH]c1c(C)c(C)c(C)c(C)c12. The fourth-order valence-corrected chi connectivity index (χ4v) is 5.01. The Balaban J connectivity index is 2.71. The van der Waals surface area contributed by atoms with Gasteiger partial charge in [-0.2, -0.15) is 0 Å². The minimum absolute atomic E-state index is 0.151. The van der Waals surface area contributed by atoms with Gasteiger partial charge in [-0.05, 0) is 97.9 Å². The molecule has 0 aliphatic rings. The summed E-state index contributed by atoms with van der Waals surface area (Å²) in [6.07, 6.45) is 1.06. The summed E-state index contributed by atoms with van der Waals surface area (Å²) in [6.45, 7) is 23.0. The average molecular weight is 336 g/mol. The van der Waals surface area contributed by atoms with Crippen molar-refractivity contribution < 1.29 is 0 Å². The summed E-state index contributed by atoms with van der Waals surface area (Å²) in [7, 11) is 0. The normalized spacial score (nSPS) is 12.6.